The number of hydrogen-bond acceptors (Lipinski definition) is 2. The van der Waals surface area contributed by atoms with Crippen molar-refractivity contribution < 1.29 is 0 Å². The van der Waals surface area contributed by atoms with Crippen LogP contribution in [0.4, 0.5) is 5.82 Å². The maximum Gasteiger partial charge on any atom is 0.128 e. The predicted molar refractivity (Wildman–Crippen MR) is 79.2 cm³/mol. The Labute approximate surface area is 118 Å². The van der Waals surface area contributed by atoms with Crippen LogP contribution in [0.25, 0.3) is 0 Å². The molecule has 1 aromatic heterocycles. The minimum atomic E-state index is 0.759. The van der Waals surface area contributed by atoms with Crippen molar-refractivity contribution in [2.45, 2.75) is 49.9 Å². The highest BCUT2D eigenvalue weighted by Crippen LogP contribution is 2.37. The fraction of sp³-hybridized carbons (Fsp3) is 0.667. The van der Waals surface area contributed by atoms with Gasteiger partial charge in [-0.05, 0) is 43.2 Å². The first-order valence-electron chi connectivity index (χ1n) is 7.16. The highest BCUT2D eigenvalue weighted by Gasteiger charge is 2.33. The summed E-state index contributed by atoms with van der Waals surface area (Å²) < 4.78 is 0. The van der Waals surface area contributed by atoms with Gasteiger partial charge in [-0.2, -0.15) is 0 Å². The Balaban J connectivity index is 1.76. The molecule has 2 aliphatic rings. The van der Waals surface area contributed by atoms with E-state index in [0.717, 1.165) is 17.3 Å². The topological polar surface area (TPSA) is 16.1 Å². The lowest BCUT2D eigenvalue weighted by molar-refractivity contribution is 0.429. The molecule has 0 aromatic carbocycles. The number of hydrogen-bond donors (Lipinski definition) is 0. The molecular formula is C15H21BrN2. The Morgan fingerprint density at radius 2 is 2.00 bits per heavy atom. The van der Waals surface area contributed by atoms with E-state index in [-0.39, 0.29) is 0 Å². The Morgan fingerprint density at radius 1 is 1.17 bits per heavy atom. The molecule has 1 saturated heterocycles. The third-order valence-corrected chi connectivity index (χ3v) is 5.15. The smallest absolute Gasteiger partial charge is 0.128 e. The summed E-state index contributed by atoms with van der Waals surface area (Å²) in [5.74, 6) is 2.11. The molecule has 2 nitrogen and oxygen atoms in total. The molecule has 2 heterocycles. The maximum atomic E-state index is 4.65. The van der Waals surface area contributed by atoms with Crippen LogP contribution >= 0.6 is 15.9 Å². The second-order valence-electron chi connectivity index (χ2n) is 5.61. The molecule has 1 aromatic rings. The molecule has 0 amide bonds. The lowest BCUT2D eigenvalue weighted by atomic mass is 9.96. The zero-order chi connectivity index (χ0) is 12.4. The van der Waals surface area contributed by atoms with Crippen LogP contribution in [0.3, 0.4) is 0 Å². The summed E-state index contributed by atoms with van der Waals surface area (Å²) in [5, 5.41) is 0.895. The minimum Gasteiger partial charge on any atom is -0.353 e. The monoisotopic (exact) mass is 308 g/mol. The van der Waals surface area contributed by atoms with Gasteiger partial charge >= 0.3 is 0 Å². The Morgan fingerprint density at radius 3 is 2.67 bits per heavy atom. The van der Waals surface area contributed by atoms with Crippen LogP contribution in [0, 0.1) is 5.92 Å². The van der Waals surface area contributed by atoms with E-state index in [4.69, 9.17) is 0 Å². The van der Waals surface area contributed by atoms with Crippen molar-refractivity contribution in [3.8, 4) is 0 Å². The number of aromatic nitrogens is 1. The second kappa shape index (κ2) is 5.60. The van der Waals surface area contributed by atoms with Gasteiger partial charge in [0, 0.05) is 24.1 Å². The number of anilines is 1. The second-order valence-corrected chi connectivity index (χ2v) is 6.17. The van der Waals surface area contributed by atoms with Crippen LogP contribution < -0.4 is 4.90 Å². The molecule has 98 valence electrons. The van der Waals surface area contributed by atoms with Gasteiger partial charge in [0.15, 0.2) is 0 Å². The molecule has 1 atom stereocenters. The molecule has 3 heteroatoms. The van der Waals surface area contributed by atoms with E-state index in [1.165, 1.54) is 56.5 Å². The van der Waals surface area contributed by atoms with Crippen molar-refractivity contribution in [2.24, 2.45) is 5.92 Å². The van der Waals surface area contributed by atoms with E-state index >= 15 is 0 Å². The van der Waals surface area contributed by atoms with E-state index < -0.39 is 0 Å². The summed E-state index contributed by atoms with van der Waals surface area (Å²) in [6.07, 6.45) is 10.4. The van der Waals surface area contributed by atoms with Crippen molar-refractivity contribution in [1.82, 2.24) is 4.98 Å². The molecule has 0 spiro atoms. The van der Waals surface area contributed by atoms with Crippen molar-refractivity contribution in [1.29, 1.82) is 0 Å². The molecule has 0 bridgehead atoms. The van der Waals surface area contributed by atoms with Crippen LogP contribution in [0.5, 0.6) is 0 Å². The van der Waals surface area contributed by atoms with Crippen LogP contribution in [0.1, 0.15) is 44.1 Å². The highest BCUT2D eigenvalue weighted by molar-refractivity contribution is 9.08. The summed E-state index contributed by atoms with van der Waals surface area (Å²) in [6.45, 7) is 1.20. The SMILES string of the molecule is BrCc1ccc(N2CCCC2C2CCCC2)nc1. The first kappa shape index (κ1) is 12.5. The fourth-order valence-electron chi connectivity index (χ4n) is 3.57. The van der Waals surface area contributed by atoms with Crippen molar-refractivity contribution in [3.05, 3.63) is 23.9 Å². The van der Waals surface area contributed by atoms with Gasteiger partial charge in [-0.15, -0.1) is 0 Å². The molecular weight excluding hydrogens is 288 g/mol. The molecule has 0 N–H and O–H groups in total. The van der Waals surface area contributed by atoms with Crippen LogP contribution in [0.2, 0.25) is 0 Å². The largest absolute Gasteiger partial charge is 0.353 e. The summed E-state index contributed by atoms with van der Waals surface area (Å²) in [5.41, 5.74) is 1.26. The number of rotatable bonds is 3. The summed E-state index contributed by atoms with van der Waals surface area (Å²) in [6, 6.07) is 5.15. The maximum absolute atomic E-state index is 4.65. The summed E-state index contributed by atoms with van der Waals surface area (Å²) >= 11 is 3.48. The van der Waals surface area contributed by atoms with Gasteiger partial charge in [-0.25, -0.2) is 4.98 Å². The van der Waals surface area contributed by atoms with Crippen LogP contribution in [-0.2, 0) is 5.33 Å². The molecule has 18 heavy (non-hydrogen) atoms. The fourth-order valence-corrected chi connectivity index (χ4v) is 3.91. The standard InChI is InChI=1S/C15H21BrN2/c16-10-12-7-8-15(17-11-12)18-9-3-6-14(18)13-4-1-2-5-13/h7-8,11,13-14H,1-6,9-10H2. The molecule has 3 rings (SSSR count). The summed E-state index contributed by atoms with van der Waals surface area (Å²) in [7, 11) is 0. The molecule has 0 radical (unpaired) electrons. The van der Waals surface area contributed by atoms with Gasteiger partial charge < -0.3 is 4.90 Å². The highest BCUT2D eigenvalue weighted by atomic mass is 79.9. The Bertz CT molecular complexity index is 384. The first-order chi connectivity index (χ1) is 8.88. The number of halogens is 1. The first-order valence-corrected chi connectivity index (χ1v) is 8.28. The average molecular weight is 309 g/mol. The number of alkyl halides is 1. The van der Waals surface area contributed by atoms with Gasteiger partial charge in [-0.1, -0.05) is 34.8 Å². The van der Waals surface area contributed by atoms with Gasteiger partial charge in [0.1, 0.15) is 5.82 Å². The third kappa shape index (κ3) is 2.42. The number of nitrogens with zero attached hydrogens (tertiary/aromatic N) is 2. The average Bonchev–Trinajstić information content (AvgIpc) is 3.09. The molecule has 1 unspecified atom stereocenters. The van der Waals surface area contributed by atoms with E-state index in [1.807, 2.05) is 6.20 Å². The number of pyridine rings is 1. The van der Waals surface area contributed by atoms with Gasteiger partial charge in [-0.3, -0.25) is 0 Å². The van der Waals surface area contributed by atoms with E-state index in [0.29, 0.717) is 0 Å². The minimum absolute atomic E-state index is 0.759. The van der Waals surface area contributed by atoms with Gasteiger partial charge in [0.2, 0.25) is 0 Å². The zero-order valence-corrected chi connectivity index (χ0v) is 12.4. The molecule has 1 aliphatic carbocycles. The predicted octanol–water partition coefficient (Wildman–Crippen LogP) is 4.14. The van der Waals surface area contributed by atoms with E-state index in [1.54, 1.807) is 0 Å². The lowest BCUT2D eigenvalue weighted by Crippen LogP contribution is -2.35. The lowest BCUT2D eigenvalue weighted by Gasteiger charge is -2.30. The van der Waals surface area contributed by atoms with Gasteiger partial charge in [0.05, 0.1) is 0 Å². The Hall–Kier alpha value is -0.570. The third-order valence-electron chi connectivity index (χ3n) is 4.50. The van der Waals surface area contributed by atoms with Crippen LogP contribution in [0.15, 0.2) is 18.3 Å². The van der Waals surface area contributed by atoms with Crippen LogP contribution in [-0.4, -0.2) is 17.6 Å². The molecule has 1 aliphatic heterocycles. The van der Waals surface area contributed by atoms with Gasteiger partial charge in [0.25, 0.3) is 0 Å². The zero-order valence-electron chi connectivity index (χ0n) is 10.8. The normalized spacial score (nSPS) is 24.9. The van der Waals surface area contributed by atoms with Crippen molar-refractivity contribution in [2.75, 3.05) is 11.4 Å². The van der Waals surface area contributed by atoms with Crippen molar-refractivity contribution >= 4 is 21.7 Å². The summed E-state index contributed by atoms with van der Waals surface area (Å²) in [4.78, 5) is 7.21. The van der Waals surface area contributed by atoms with E-state index in [9.17, 15) is 0 Å². The van der Waals surface area contributed by atoms with E-state index in [2.05, 4.69) is 37.9 Å². The van der Waals surface area contributed by atoms with Crippen molar-refractivity contribution in [3.63, 3.8) is 0 Å². The Kier molecular flexibility index (Phi) is 3.88. The molecule has 2 fully saturated rings. The molecule has 1 saturated carbocycles. The quantitative estimate of drug-likeness (QED) is 0.780.